The lowest BCUT2D eigenvalue weighted by atomic mass is 10.0. The van der Waals surface area contributed by atoms with Crippen LogP contribution in [0.1, 0.15) is 54.6 Å². The molecule has 0 saturated heterocycles. The molecule has 3 aromatic carbocycles. The number of fused-ring (bicyclic) bond motifs is 1. The lowest BCUT2D eigenvalue weighted by molar-refractivity contribution is -0.143. The summed E-state index contributed by atoms with van der Waals surface area (Å²) in [4.78, 5) is 45.5. The average Bonchev–Trinajstić information content (AvgIpc) is 3.17. The summed E-state index contributed by atoms with van der Waals surface area (Å²) in [7, 11) is 0. The molecule has 2 atom stereocenters. The van der Waals surface area contributed by atoms with E-state index in [9.17, 15) is 24.8 Å². The van der Waals surface area contributed by atoms with Gasteiger partial charge in [-0.2, -0.15) is 15.2 Å². The van der Waals surface area contributed by atoms with Crippen LogP contribution in [0.4, 0.5) is 5.69 Å². The minimum atomic E-state index is -1.17. The molecule has 0 aliphatic carbocycles. The Morgan fingerprint density at radius 3 is 2.62 bits per heavy atom. The monoisotopic (exact) mass is 720 g/mol. The second-order valence-corrected chi connectivity index (χ2v) is 11.9. The second-order valence-electron chi connectivity index (χ2n) is 11.9. The van der Waals surface area contributed by atoms with E-state index in [2.05, 4.69) is 32.0 Å². The molecule has 0 bridgehead atoms. The number of aliphatic carboxylic acids is 1. The number of esters is 1. The van der Waals surface area contributed by atoms with Crippen LogP contribution < -0.4 is 34.9 Å². The number of nitriles is 1. The van der Waals surface area contributed by atoms with Crippen molar-refractivity contribution in [3.05, 3.63) is 101 Å². The van der Waals surface area contributed by atoms with Crippen molar-refractivity contribution in [2.24, 2.45) is 0 Å². The summed E-state index contributed by atoms with van der Waals surface area (Å²) in [5.74, 6) is -1.58. The number of carboxylic acids is 1. The van der Waals surface area contributed by atoms with Crippen molar-refractivity contribution in [1.82, 2.24) is 20.6 Å². The van der Waals surface area contributed by atoms with Crippen LogP contribution >= 0.6 is 0 Å². The fraction of sp³-hybridized carbons (Fsp3) is 0.263. The Morgan fingerprint density at radius 2 is 1.87 bits per heavy atom. The molecule has 0 radical (unpaired) electrons. The Hall–Kier alpha value is -6.66. The van der Waals surface area contributed by atoms with Gasteiger partial charge in [-0.15, -0.1) is 0 Å². The molecular formula is C38H36N6O9. The summed E-state index contributed by atoms with van der Waals surface area (Å²) >= 11 is 0. The highest BCUT2D eigenvalue weighted by atomic mass is 16.5. The van der Waals surface area contributed by atoms with Crippen LogP contribution in [0.3, 0.4) is 0 Å². The van der Waals surface area contributed by atoms with E-state index in [0.29, 0.717) is 24.5 Å². The molecule has 2 aliphatic heterocycles. The van der Waals surface area contributed by atoms with E-state index in [4.69, 9.17) is 23.7 Å². The smallest absolute Gasteiger partial charge is 0.328 e. The third kappa shape index (κ3) is 9.57. The quantitative estimate of drug-likeness (QED) is 0.116. The summed E-state index contributed by atoms with van der Waals surface area (Å²) in [5, 5.41) is 28.2. The molecule has 53 heavy (non-hydrogen) atoms. The van der Waals surface area contributed by atoms with Gasteiger partial charge < -0.3 is 39.4 Å². The van der Waals surface area contributed by atoms with Crippen LogP contribution in [0.2, 0.25) is 0 Å². The summed E-state index contributed by atoms with van der Waals surface area (Å²) < 4.78 is 29.6. The summed E-state index contributed by atoms with van der Waals surface area (Å²) in [6.07, 6.45) is 2.37. The summed E-state index contributed by atoms with van der Waals surface area (Å²) in [6.45, 7) is 2.84. The van der Waals surface area contributed by atoms with Crippen molar-refractivity contribution in [3.8, 4) is 41.1 Å². The zero-order chi connectivity index (χ0) is 37.2. The number of anilines is 1. The third-order valence-corrected chi connectivity index (χ3v) is 8.03. The number of benzene rings is 3. The van der Waals surface area contributed by atoms with Gasteiger partial charge in [0.2, 0.25) is 5.88 Å². The van der Waals surface area contributed by atoms with Crippen LogP contribution in [0.15, 0.2) is 79.0 Å². The number of nitrogens with zero attached hydrogens (tertiary/aromatic N) is 3. The van der Waals surface area contributed by atoms with Gasteiger partial charge >= 0.3 is 17.9 Å². The van der Waals surface area contributed by atoms with Crippen LogP contribution in [0.5, 0.6) is 35.0 Å². The van der Waals surface area contributed by atoms with Crippen LogP contribution in [-0.4, -0.2) is 52.2 Å². The minimum absolute atomic E-state index is 0.00409. The van der Waals surface area contributed by atoms with E-state index >= 15 is 0 Å². The van der Waals surface area contributed by atoms with Gasteiger partial charge in [0.15, 0.2) is 23.3 Å². The molecule has 1 aromatic heterocycles. The van der Waals surface area contributed by atoms with Crippen LogP contribution in [0.25, 0.3) is 0 Å². The zero-order valence-electron chi connectivity index (χ0n) is 28.7. The molecule has 15 heteroatoms. The Kier molecular flexibility index (Phi) is 11.6. The number of carbonyl (C=O) groups excluding carboxylic acids is 2. The van der Waals surface area contributed by atoms with Crippen molar-refractivity contribution < 1.29 is 43.2 Å². The first-order valence-corrected chi connectivity index (χ1v) is 16.9. The molecule has 6 rings (SSSR count). The molecule has 3 heterocycles. The number of rotatable bonds is 15. The van der Waals surface area contributed by atoms with Crippen molar-refractivity contribution >= 4 is 23.5 Å². The highest BCUT2D eigenvalue weighted by molar-refractivity contribution is 5.98. The van der Waals surface area contributed by atoms with Gasteiger partial charge in [-0.05, 0) is 60.5 Å². The number of aromatic nitrogens is 2. The maximum atomic E-state index is 13.1. The summed E-state index contributed by atoms with van der Waals surface area (Å²) in [6, 6.07) is 21.4. The maximum absolute atomic E-state index is 13.1. The number of ether oxygens (including phenoxy) is 5. The lowest BCUT2D eigenvalue weighted by Gasteiger charge is -2.26. The number of carboxylic acid groups (broad SMARTS) is 1. The van der Waals surface area contributed by atoms with Gasteiger partial charge in [-0.3, -0.25) is 19.7 Å². The Labute approximate surface area is 304 Å². The zero-order valence-corrected chi connectivity index (χ0v) is 28.7. The molecule has 2 aliphatic rings. The summed E-state index contributed by atoms with van der Waals surface area (Å²) in [5.41, 5.74) is 2.75. The first-order chi connectivity index (χ1) is 25.8. The number of amides is 1. The number of carbonyl (C=O) groups is 3. The van der Waals surface area contributed by atoms with Crippen LogP contribution in [0, 0.1) is 11.3 Å². The van der Waals surface area contributed by atoms with Gasteiger partial charge in [0.05, 0.1) is 18.2 Å². The Morgan fingerprint density at radius 1 is 1.02 bits per heavy atom. The fourth-order valence-electron chi connectivity index (χ4n) is 5.49. The molecule has 1 amide bonds. The van der Waals surface area contributed by atoms with Gasteiger partial charge in [-0.1, -0.05) is 42.5 Å². The topological polar surface area (TPSA) is 203 Å². The molecule has 0 saturated carbocycles. The molecule has 2 unspecified atom stereocenters. The normalized spacial score (nSPS) is 15.8. The van der Waals surface area contributed by atoms with Gasteiger partial charge in [0, 0.05) is 31.9 Å². The van der Waals surface area contributed by atoms with Gasteiger partial charge in [0.25, 0.3) is 11.8 Å². The molecular weight excluding hydrogens is 684 g/mol. The number of hydrogen-bond acceptors (Lipinski definition) is 13. The van der Waals surface area contributed by atoms with E-state index < -0.39 is 18.0 Å². The van der Waals surface area contributed by atoms with E-state index in [-0.39, 0.29) is 79.4 Å². The highest BCUT2D eigenvalue weighted by Gasteiger charge is 2.33. The van der Waals surface area contributed by atoms with Crippen LogP contribution in [-0.2, 0) is 32.1 Å². The average molecular weight is 721 g/mol. The predicted octanol–water partition coefficient (Wildman–Crippen LogP) is 5.28. The van der Waals surface area contributed by atoms with E-state index in [0.717, 1.165) is 16.7 Å². The van der Waals surface area contributed by atoms with Crippen molar-refractivity contribution in [1.29, 1.82) is 5.26 Å². The first kappa shape index (κ1) is 36.1. The standard InChI is InChI=1S/C38H36N6O9/c1-2-49-32(47)14-10-24-17-26(34-40-15-6-16-41-34)20-27(18-24)51-36-33-37(52-29(35(48)42-33)12-13-31(45)46)44-38(43-36)53-30-19-25(21-39)9-11-28(30)50-22-23-7-4-3-5-8-23/h3-9,11,15,17-20,29,34,40-41H,2,10,12-14,16,22H2,1H3,(H,42,48)(H,45,46). The molecule has 0 fully saturated rings. The molecule has 4 aromatic rings. The van der Waals surface area contributed by atoms with E-state index in [1.807, 2.05) is 48.7 Å². The number of nitrogens with one attached hydrogen (secondary N) is 3. The number of hydrogen-bond donors (Lipinski definition) is 4. The number of aryl methyl sites for hydroxylation is 1. The third-order valence-electron chi connectivity index (χ3n) is 8.03. The van der Waals surface area contributed by atoms with Crippen molar-refractivity contribution in [3.63, 3.8) is 0 Å². The largest absolute Gasteiger partial charge is 0.485 e. The fourth-order valence-corrected chi connectivity index (χ4v) is 5.49. The van der Waals surface area contributed by atoms with E-state index in [1.54, 1.807) is 31.2 Å². The molecule has 272 valence electrons. The molecule has 15 nitrogen and oxygen atoms in total. The van der Waals surface area contributed by atoms with Crippen molar-refractivity contribution in [2.45, 2.75) is 51.5 Å². The van der Waals surface area contributed by atoms with E-state index in [1.165, 1.54) is 6.07 Å². The Bertz CT molecular complexity index is 2050. The molecule has 0 spiro atoms. The predicted molar refractivity (Wildman–Crippen MR) is 188 cm³/mol. The second kappa shape index (κ2) is 17.0. The van der Waals surface area contributed by atoms with Crippen molar-refractivity contribution in [2.75, 3.05) is 18.5 Å². The molecule has 4 N–H and O–H groups in total. The van der Waals surface area contributed by atoms with Gasteiger partial charge in [-0.25, -0.2) is 0 Å². The maximum Gasteiger partial charge on any atom is 0.328 e. The Balaban J connectivity index is 1.37. The first-order valence-electron chi connectivity index (χ1n) is 16.9. The lowest BCUT2D eigenvalue weighted by Crippen LogP contribution is -2.38. The SMILES string of the molecule is CCOC(=O)CCc1cc(Oc2nc(Oc3cc(C#N)ccc3OCc3ccccc3)nc3c2NC(=O)C(CCC(=O)O)O3)cc(C2NC=CCN2)c1. The van der Waals surface area contributed by atoms with Gasteiger partial charge in [0.1, 0.15) is 18.5 Å². The minimum Gasteiger partial charge on any atom is -0.485 e. The highest BCUT2D eigenvalue weighted by Crippen LogP contribution is 2.42.